The molecular formula is C42H62N10O12. The van der Waals surface area contributed by atoms with Crippen molar-refractivity contribution in [2.45, 2.75) is 122 Å². The first-order chi connectivity index (χ1) is 30.1. The van der Waals surface area contributed by atoms with Crippen LogP contribution >= 0.6 is 0 Å². The number of imidazole rings is 1. The van der Waals surface area contributed by atoms with Gasteiger partial charge in [-0.2, -0.15) is 0 Å². The van der Waals surface area contributed by atoms with E-state index in [2.05, 4.69) is 41.9 Å². The zero-order chi connectivity index (χ0) is 47.8. The molecule has 0 radical (unpaired) electrons. The van der Waals surface area contributed by atoms with Gasteiger partial charge in [0, 0.05) is 37.7 Å². The van der Waals surface area contributed by atoms with Crippen LogP contribution in [-0.4, -0.2) is 139 Å². The molecule has 7 amide bonds. The standard InChI is InChI=1S/C42H62N10O12/c1-21(2)33(49-31(54)19-45-36(57)27(43)13-14-32(55)56)39(60)47-28(16-24-9-11-26(53)12-10-24)37(58)50-34(22(3)4)40(61)48-29(17-25-18-44-20-46-25)41(62)52-15-7-8-30(52)38(59)51-35(23(5)6)42(63)64/h9-12,18,20-23,27-30,33-35,53H,7-8,13-17,19,43H2,1-6H3,(H,44,46)(H,45,57)(H,47,60)(H,48,61)(H,49,54)(H,50,58)(H,51,59)(H,55,56)(H,63,64). The summed E-state index contributed by atoms with van der Waals surface area (Å²) >= 11 is 0. The Kier molecular flexibility index (Phi) is 19.7. The van der Waals surface area contributed by atoms with Crippen LogP contribution in [0.2, 0.25) is 0 Å². The number of rotatable bonds is 24. The Labute approximate surface area is 370 Å². The van der Waals surface area contributed by atoms with Gasteiger partial charge in [-0.05, 0) is 54.7 Å². The van der Waals surface area contributed by atoms with E-state index >= 15 is 0 Å². The molecule has 1 aliphatic heterocycles. The number of aliphatic carboxylic acids is 2. The molecule has 1 aliphatic rings. The van der Waals surface area contributed by atoms with Crippen molar-refractivity contribution in [3.05, 3.63) is 48.0 Å². The quantitative estimate of drug-likeness (QED) is 0.0582. The Morgan fingerprint density at radius 1 is 0.766 bits per heavy atom. The second-order valence-electron chi connectivity index (χ2n) is 16.8. The lowest BCUT2D eigenvalue weighted by Gasteiger charge is -2.31. The first kappa shape index (κ1) is 51.8. The predicted molar refractivity (Wildman–Crippen MR) is 228 cm³/mol. The number of aromatic hydroxyl groups is 1. The van der Waals surface area contributed by atoms with E-state index in [0.29, 0.717) is 17.7 Å². The topological polar surface area (TPSA) is 344 Å². The Morgan fingerprint density at radius 2 is 1.36 bits per heavy atom. The van der Waals surface area contributed by atoms with Crippen LogP contribution in [0.25, 0.3) is 0 Å². The predicted octanol–water partition coefficient (Wildman–Crippen LogP) is -1.32. The van der Waals surface area contributed by atoms with E-state index in [1.807, 2.05) is 0 Å². The molecule has 0 spiro atoms. The maximum absolute atomic E-state index is 14.2. The molecule has 0 bridgehead atoms. The number of phenolic OH excluding ortho intramolecular Hbond substituents is 1. The number of hydrogen-bond donors (Lipinski definition) is 11. The second-order valence-corrected chi connectivity index (χ2v) is 16.8. The number of aromatic nitrogens is 2. The van der Waals surface area contributed by atoms with Gasteiger partial charge < -0.3 is 62.8 Å². The number of carboxylic acid groups (broad SMARTS) is 2. The number of hydrogen-bond acceptors (Lipinski definition) is 12. The largest absolute Gasteiger partial charge is 0.508 e. The summed E-state index contributed by atoms with van der Waals surface area (Å²) in [5.74, 6) is -9.15. The van der Waals surface area contributed by atoms with E-state index in [4.69, 9.17) is 10.8 Å². The second kappa shape index (κ2) is 24.3. The number of nitrogens with two attached hydrogens (primary N) is 1. The summed E-state index contributed by atoms with van der Waals surface area (Å²) in [7, 11) is 0. The monoisotopic (exact) mass is 898 g/mol. The van der Waals surface area contributed by atoms with Crippen LogP contribution in [0.4, 0.5) is 0 Å². The molecule has 0 aliphatic carbocycles. The fourth-order valence-electron chi connectivity index (χ4n) is 6.94. The van der Waals surface area contributed by atoms with Crippen molar-refractivity contribution in [2.24, 2.45) is 23.5 Å². The lowest BCUT2D eigenvalue weighted by Crippen LogP contribution is -2.61. The van der Waals surface area contributed by atoms with Crippen LogP contribution in [0.3, 0.4) is 0 Å². The number of carbonyl (C=O) groups is 9. The van der Waals surface area contributed by atoms with Crippen LogP contribution in [0.1, 0.15) is 78.5 Å². The van der Waals surface area contributed by atoms with Gasteiger partial charge in [-0.15, -0.1) is 0 Å². The van der Waals surface area contributed by atoms with Gasteiger partial charge in [-0.1, -0.05) is 53.7 Å². The van der Waals surface area contributed by atoms with E-state index in [1.165, 1.54) is 41.7 Å². The molecule has 1 fully saturated rings. The van der Waals surface area contributed by atoms with E-state index in [1.54, 1.807) is 41.5 Å². The first-order valence-electron chi connectivity index (χ1n) is 21.1. The number of nitrogens with zero attached hydrogens (tertiary/aromatic N) is 2. The fourth-order valence-corrected chi connectivity index (χ4v) is 6.94. The summed E-state index contributed by atoms with van der Waals surface area (Å²) in [6, 6.07) is -2.70. The summed E-state index contributed by atoms with van der Waals surface area (Å²) in [5.41, 5.74) is 6.69. The highest BCUT2D eigenvalue weighted by Gasteiger charge is 2.41. The minimum Gasteiger partial charge on any atom is -0.508 e. The first-order valence-corrected chi connectivity index (χ1v) is 21.1. The van der Waals surface area contributed by atoms with Crippen molar-refractivity contribution in [2.75, 3.05) is 13.1 Å². The minimum atomic E-state index is -1.36. The normalized spacial score (nSPS) is 16.5. The lowest BCUT2D eigenvalue weighted by molar-refractivity contribution is -0.146. The molecule has 1 aromatic heterocycles. The van der Waals surface area contributed by atoms with Gasteiger partial charge in [-0.3, -0.25) is 38.4 Å². The van der Waals surface area contributed by atoms with E-state index in [-0.39, 0.29) is 44.4 Å². The molecule has 0 saturated carbocycles. The third kappa shape index (κ3) is 15.6. The number of likely N-dealkylation sites (tertiary alicyclic amines) is 1. The van der Waals surface area contributed by atoms with E-state index in [9.17, 15) is 53.4 Å². The van der Waals surface area contributed by atoms with Crippen molar-refractivity contribution < 1.29 is 58.5 Å². The van der Waals surface area contributed by atoms with Crippen LogP contribution in [0.5, 0.6) is 5.75 Å². The SMILES string of the molecule is CC(C)C(NC(=O)C1CCCN1C(=O)C(Cc1cnc[nH]1)NC(=O)C(NC(=O)C(Cc1ccc(O)cc1)NC(=O)C(NC(=O)CNC(=O)C(N)CCC(=O)O)C(C)C)C(C)C)C(=O)O. The number of aromatic amines is 1. The van der Waals surface area contributed by atoms with Crippen molar-refractivity contribution >= 4 is 53.3 Å². The van der Waals surface area contributed by atoms with Crippen molar-refractivity contribution in [3.8, 4) is 5.75 Å². The maximum atomic E-state index is 14.2. The van der Waals surface area contributed by atoms with E-state index in [0.717, 1.165) is 0 Å². The molecule has 2 heterocycles. The molecule has 1 saturated heterocycles. The van der Waals surface area contributed by atoms with Gasteiger partial charge in [0.1, 0.15) is 42.0 Å². The average Bonchev–Trinajstić information content (AvgIpc) is 3.94. The average molecular weight is 899 g/mol. The minimum absolute atomic E-state index is 0.0528. The van der Waals surface area contributed by atoms with Crippen LogP contribution < -0.4 is 37.6 Å². The Hall–Kier alpha value is -6.58. The van der Waals surface area contributed by atoms with Gasteiger partial charge in [0.2, 0.25) is 41.4 Å². The summed E-state index contributed by atoms with van der Waals surface area (Å²) in [6.07, 6.45) is 2.81. The molecule has 3 rings (SSSR count). The lowest BCUT2D eigenvalue weighted by atomic mass is 9.98. The third-order valence-corrected chi connectivity index (χ3v) is 10.6. The number of carbonyl (C=O) groups excluding carboxylic acids is 7. The van der Waals surface area contributed by atoms with Crippen molar-refractivity contribution in [1.29, 1.82) is 0 Å². The van der Waals surface area contributed by atoms with Crippen molar-refractivity contribution in [3.63, 3.8) is 0 Å². The van der Waals surface area contributed by atoms with Crippen LogP contribution in [0.15, 0.2) is 36.8 Å². The molecule has 7 atom stereocenters. The number of benzene rings is 1. The number of H-pyrrole nitrogens is 1. The number of nitrogens with one attached hydrogen (secondary N) is 7. The summed E-state index contributed by atoms with van der Waals surface area (Å²) in [4.78, 5) is 126. The van der Waals surface area contributed by atoms with Gasteiger partial charge in [0.05, 0.1) is 18.9 Å². The van der Waals surface area contributed by atoms with Crippen LogP contribution in [-0.2, 0) is 56.0 Å². The maximum Gasteiger partial charge on any atom is 0.326 e. The van der Waals surface area contributed by atoms with Gasteiger partial charge in [-0.25, -0.2) is 9.78 Å². The van der Waals surface area contributed by atoms with Crippen molar-refractivity contribution in [1.82, 2.24) is 46.8 Å². The smallest absolute Gasteiger partial charge is 0.326 e. The molecule has 2 aromatic rings. The highest BCUT2D eigenvalue weighted by molar-refractivity contribution is 5.97. The summed E-state index contributed by atoms with van der Waals surface area (Å²) < 4.78 is 0. The van der Waals surface area contributed by atoms with Gasteiger partial charge in [0.15, 0.2) is 0 Å². The molecule has 64 heavy (non-hydrogen) atoms. The van der Waals surface area contributed by atoms with E-state index < -0.39 is 120 Å². The highest BCUT2D eigenvalue weighted by atomic mass is 16.4. The zero-order valence-electron chi connectivity index (χ0n) is 36.9. The Bertz CT molecular complexity index is 1960. The summed E-state index contributed by atoms with van der Waals surface area (Å²) in [6.45, 7) is 9.43. The molecular weight excluding hydrogens is 837 g/mol. The van der Waals surface area contributed by atoms with Crippen LogP contribution in [0, 0.1) is 17.8 Å². The highest BCUT2D eigenvalue weighted by Crippen LogP contribution is 2.21. The van der Waals surface area contributed by atoms with Gasteiger partial charge in [0.25, 0.3) is 0 Å². The molecule has 7 unspecified atom stereocenters. The molecule has 1 aromatic carbocycles. The third-order valence-electron chi connectivity index (χ3n) is 10.6. The molecule has 22 nitrogen and oxygen atoms in total. The molecule has 12 N–H and O–H groups in total. The number of amides is 7. The van der Waals surface area contributed by atoms with Gasteiger partial charge >= 0.3 is 11.9 Å². The zero-order valence-corrected chi connectivity index (χ0v) is 36.9. The Balaban J connectivity index is 1.83. The Morgan fingerprint density at radius 3 is 1.91 bits per heavy atom. The molecule has 352 valence electrons. The number of carboxylic acids is 2. The molecule has 22 heteroatoms. The number of phenols is 1. The summed E-state index contributed by atoms with van der Waals surface area (Å²) in [5, 5.41) is 43.9. The fraction of sp³-hybridized carbons (Fsp3) is 0.571.